The first-order valence-corrected chi connectivity index (χ1v) is 8.00. The molecule has 2 heterocycles. The van der Waals surface area contributed by atoms with Gasteiger partial charge in [0.25, 0.3) is 0 Å². The van der Waals surface area contributed by atoms with Crippen molar-refractivity contribution in [1.29, 1.82) is 0 Å². The molecule has 0 saturated carbocycles. The number of para-hydroxylation sites is 1. The Kier molecular flexibility index (Phi) is 4.03. The molecule has 0 amide bonds. The Morgan fingerprint density at radius 1 is 1.40 bits per heavy atom. The van der Waals surface area contributed by atoms with Gasteiger partial charge in [-0.3, -0.25) is 0 Å². The molecule has 0 aliphatic carbocycles. The zero-order chi connectivity index (χ0) is 13.9. The van der Waals surface area contributed by atoms with Crippen LogP contribution in [-0.2, 0) is 6.54 Å². The number of nitrogens with zero attached hydrogens (tertiary/aromatic N) is 1. The van der Waals surface area contributed by atoms with Crippen molar-refractivity contribution in [2.75, 3.05) is 13.2 Å². The molecule has 1 unspecified atom stereocenters. The predicted octanol–water partition coefficient (Wildman–Crippen LogP) is 3.48. The first kappa shape index (κ1) is 13.6. The fourth-order valence-electron chi connectivity index (χ4n) is 2.60. The molecule has 3 nitrogen and oxygen atoms in total. The first-order chi connectivity index (χ1) is 9.79. The summed E-state index contributed by atoms with van der Waals surface area (Å²) in [6, 6.07) is 8.34. The second-order valence-electron chi connectivity index (χ2n) is 5.07. The van der Waals surface area contributed by atoms with Gasteiger partial charge in [0.2, 0.25) is 0 Å². The summed E-state index contributed by atoms with van der Waals surface area (Å²) in [7, 11) is 0. The highest BCUT2D eigenvalue weighted by atomic mass is 32.1. The van der Waals surface area contributed by atoms with E-state index >= 15 is 0 Å². The third-order valence-corrected chi connectivity index (χ3v) is 4.97. The van der Waals surface area contributed by atoms with Crippen LogP contribution in [0.5, 0.6) is 5.75 Å². The van der Waals surface area contributed by atoms with Gasteiger partial charge in [-0.25, -0.2) is 4.98 Å². The fourth-order valence-corrected chi connectivity index (χ4v) is 3.79. The third-order valence-electron chi connectivity index (χ3n) is 3.70. The molecule has 0 fully saturated rings. The van der Waals surface area contributed by atoms with Gasteiger partial charge in [0.05, 0.1) is 12.3 Å². The number of ether oxygens (including phenoxy) is 1. The van der Waals surface area contributed by atoms with Crippen molar-refractivity contribution in [1.82, 2.24) is 10.3 Å². The van der Waals surface area contributed by atoms with E-state index in [0.29, 0.717) is 5.92 Å². The van der Waals surface area contributed by atoms with E-state index in [1.807, 2.05) is 17.4 Å². The summed E-state index contributed by atoms with van der Waals surface area (Å²) in [5, 5.41) is 4.61. The Morgan fingerprint density at radius 3 is 3.10 bits per heavy atom. The van der Waals surface area contributed by atoms with Crippen LogP contribution in [0.4, 0.5) is 0 Å². The molecule has 1 aromatic carbocycles. The minimum absolute atomic E-state index is 0.388. The number of aromatic nitrogens is 1. The van der Waals surface area contributed by atoms with Crippen LogP contribution in [0.1, 0.15) is 40.4 Å². The Bertz CT molecular complexity index is 594. The highest BCUT2D eigenvalue weighted by molar-refractivity contribution is 7.11. The average molecular weight is 288 g/mol. The molecule has 0 spiro atoms. The van der Waals surface area contributed by atoms with Gasteiger partial charge in [0.1, 0.15) is 10.8 Å². The summed E-state index contributed by atoms with van der Waals surface area (Å²) >= 11 is 1.84. The lowest BCUT2D eigenvalue weighted by Crippen LogP contribution is -2.14. The number of hydrogen-bond acceptors (Lipinski definition) is 4. The number of thiazole rings is 1. The average Bonchev–Trinajstić information content (AvgIpc) is 2.85. The van der Waals surface area contributed by atoms with Crippen LogP contribution in [0.15, 0.2) is 24.3 Å². The summed E-state index contributed by atoms with van der Waals surface area (Å²) in [6.45, 7) is 6.93. The quantitative estimate of drug-likeness (QED) is 0.935. The van der Waals surface area contributed by atoms with Crippen molar-refractivity contribution in [2.45, 2.75) is 32.7 Å². The van der Waals surface area contributed by atoms with E-state index in [9.17, 15) is 0 Å². The molecule has 2 aromatic rings. The molecule has 1 aliphatic rings. The van der Waals surface area contributed by atoms with Crippen molar-refractivity contribution in [3.63, 3.8) is 0 Å². The van der Waals surface area contributed by atoms with Crippen molar-refractivity contribution >= 4 is 11.3 Å². The van der Waals surface area contributed by atoms with Crippen LogP contribution in [0.3, 0.4) is 0 Å². The topological polar surface area (TPSA) is 34.1 Å². The van der Waals surface area contributed by atoms with E-state index in [-0.39, 0.29) is 0 Å². The maximum atomic E-state index is 5.74. The van der Waals surface area contributed by atoms with Gasteiger partial charge in [0, 0.05) is 22.9 Å². The van der Waals surface area contributed by atoms with Crippen LogP contribution < -0.4 is 10.1 Å². The summed E-state index contributed by atoms with van der Waals surface area (Å²) in [4.78, 5) is 6.16. The minimum Gasteiger partial charge on any atom is -0.493 e. The molecule has 1 atom stereocenters. The van der Waals surface area contributed by atoms with E-state index in [1.54, 1.807) is 0 Å². The van der Waals surface area contributed by atoms with Crippen molar-refractivity contribution in [3.05, 3.63) is 45.4 Å². The molecule has 20 heavy (non-hydrogen) atoms. The Balaban J connectivity index is 1.90. The van der Waals surface area contributed by atoms with Gasteiger partial charge >= 0.3 is 0 Å². The lowest BCUT2D eigenvalue weighted by atomic mass is 9.94. The van der Waals surface area contributed by atoms with Crippen LogP contribution in [0.25, 0.3) is 0 Å². The molecule has 1 N–H and O–H groups in total. The molecule has 1 aliphatic heterocycles. The molecule has 0 bridgehead atoms. The Labute approximate surface area is 124 Å². The number of benzene rings is 1. The van der Waals surface area contributed by atoms with Gasteiger partial charge in [-0.2, -0.15) is 0 Å². The maximum Gasteiger partial charge on any atom is 0.123 e. The predicted molar refractivity (Wildman–Crippen MR) is 82.6 cm³/mol. The molecule has 4 heteroatoms. The van der Waals surface area contributed by atoms with Gasteiger partial charge in [-0.1, -0.05) is 25.1 Å². The minimum atomic E-state index is 0.388. The zero-order valence-electron chi connectivity index (χ0n) is 12.0. The van der Waals surface area contributed by atoms with E-state index in [4.69, 9.17) is 9.72 Å². The normalized spacial score (nSPS) is 17.6. The van der Waals surface area contributed by atoms with Crippen LogP contribution in [0, 0.1) is 6.92 Å². The SMILES string of the molecule is CCNCc1sc(C2CCOc3ccccc32)nc1C. The standard InChI is InChI=1S/C16H20N2OS/c1-3-17-10-15-11(2)18-16(20-15)13-8-9-19-14-7-5-4-6-12(13)14/h4-7,13,17H,3,8-10H2,1-2H3. The zero-order valence-corrected chi connectivity index (χ0v) is 12.8. The maximum absolute atomic E-state index is 5.74. The molecular formula is C16H20N2OS. The van der Waals surface area contributed by atoms with Gasteiger partial charge < -0.3 is 10.1 Å². The number of aryl methyl sites for hydroxylation is 1. The van der Waals surface area contributed by atoms with Crippen molar-refractivity contribution in [2.24, 2.45) is 0 Å². The summed E-state index contributed by atoms with van der Waals surface area (Å²) in [5.74, 6) is 1.41. The van der Waals surface area contributed by atoms with Gasteiger partial charge in [0.15, 0.2) is 0 Å². The molecule has 0 radical (unpaired) electrons. The molecule has 3 rings (SSSR count). The Hall–Kier alpha value is -1.39. The molecule has 1 aromatic heterocycles. The molecular weight excluding hydrogens is 268 g/mol. The van der Waals surface area contributed by atoms with Crippen molar-refractivity contribution in [3.8, 4) is 5.75 Å². The third kappa shape index (κ3) is 2.58. The highest BCUT2D eigenvalue weighted by Gasteiger charge is 2.25. The van der Waals surface area contributed by atoms with Crippen LogP contribution in [-0.4, -0.2) is 18.1 Å². The second kappa shape index (κ2) is 5.94. The fraction of sp³-hybridized carbons (Fsp3) is 0.438. The first-order valence-electron chi connectivity index (χ1n) is 7.18. The lowest BCUT2D eigenvalue weighted by Gasteiger charge is -2.24. The largest absolute Gasteiger partial charge is 0.493 e. The number of fused-ring (bicyclic) bond motifs is 1. The van der Waals surface area contributed by atoms with E-state index in [0.717, 1.165) is 37.6 Å². The molecule has 0 saturated heterocycles. The summed E-state index contributed by atoms with van der Waals surface area (Å²) in [6.07, 6.45) is 1.02. The van der Waals surface area contributed by atoms with Gasteiger partial charge in [-0.05, 0) is 26.0 Å². The van der Waals surface area contributed by atoms with E-state index in [1.165, 1.54) is 15.4 Å². The van der Waals surface area contributed by atoms with Crippen LogP contribution in [0.2, 0.25) is 0 Å². The number of hydrogen-bond donors (Lipinski definition) is 1. The Morgan fingerprint density at radius 2 is 2.25 bits per heavy atom. The number of rotatable bonds is 4. The molecule has 106 valence electrons. The lowest BCUT2D eigenvalue weighted by molar-refractivity contribution is 0.277. The van der Waals surface area contributed by atoms with Gasteiger partial charge in [-0.15, -0.1) is 11.3 Å². The van der Waals surface area contributed by atoms with Crippen molar-refractivity contribution < 1.29 is 4.74 Å². The highest BCUT2D eigenvalue weighted by Crippen LogP contribution is 2.39. The van der Waals surface area contributed by atoms with E-state index in [2.05, 4.69) is 37.4 Å². The number of nitrogens with one attached hydrogen (secondary N) is 1. The van der Waals surface area contributed by atoms with Crippen LogP contribution >= 0.6 is 11.3 Å². The summed E-state index contributed by atoms with van der Waals surface area (Å²) in [5.41, 5.74) is 2.44. The summed E-state index contributed by atoms with van der Waals surface area (Å²) < 4.78 is 5.74. The second-order valence-corrected chi connectivity index (χ2v) is 6.18. The van der Waals surface area contributed by atoms with E-state index < -0.39 is 0 Å². The smallest absolute Gasteiger partial charge is 0.123 e. The monoisotopic (exact) mass is 288 g/mol.